The summed E-state index contributed by atoms with van der Waals surface area (Å²) in [4.78, 5) is 4.00. The van der Waals surface area contributed by atoms with Crippen molar-refractivity contribution in [3.8, 4) is 5.75 Å². The first-order chi connectivity index (χ1) is 8.69. The maximum atomic E-state index is 13.1. The van der Waals surface area contributed by atoms with Gasteiger partial charge in [0.15, 0.2) is 0 Å². The summed E-state index contributed by atoms with van der Waals surface area (Å²) in [5.41, 5.74) is 2.38. The van der Waals surface area contributed by atoms with E-state index in [2.05, 4.69) is 4.98 Å². The molecule has 0 atom stereocenters. The van der Waals surface area contributed by atoms with Crippen molar-refractivity contribution < 1.29 is 14.2 Å². The second-order valence-electron chi connectivity index (χ2n) is 4.00. The van der Waals surface area contributed by atoms with Crippen LogP contribution in [0.15, 0.2) is 36.5 Å². The van der Waals surface area contributed by atoms with Gasteiger partial charge >= 0.3 is 0 Å². The van der Waals surface area contributed by atoms with Gasteiger partial charge in [-0.25, -0.2) is 4.39 Å². The zero-order valence-electron chi connectivity index (χ0n) is 10.1. The summed E-state index contributed by atoms with van der Waals surface area (Å²) in [5, 5.41) is 8.86. The van der Waals surface area contributed by atoms with Crippen LogP contribution in [0.4, 0.5) is 4.39 Å². The number of aliphatic hydroxyl groups excluding tert-OH is 1. The average Bonchev–Trinajstić information content (AvgIpc) is 2.40. The van der Waals surface area contributed by atoms with E-state index in [4.69, 9.17) is 9.84 Å². The van der Waals surface area contributed by atoms with Crippen molar-refractivity contribution in [1.82, 2.24) is 4.98 Å². The number of hydrogen-bond acceptors (Lipinski definition) is 3. The molecule has 1 N–H and O–H groups in total. The fourth-order valence-corrected chi connectivity index (χ4v) is 1.55. The van der Waals surface area contributed by atoms with Crippen LogP contribution in [0, 0.1) is 12.7 Å². The molecule has 0 unspecified atom stereocenters. The largest absolute Gasteiger partial charge is 0.487 e. The third-order valence-corrected chi connectivity index (χ3v) is 2.67. The predicted molar refractivity (Wildman–Crippen MR) is 65.6 cm³/mol. The number of benzene rings is 1. The van der Waals surface area contributed by atoms with Gasteiger partial charge in [0.05, 0.1) is 18.5 Å². The Bertz CT molecular complexity index is 526. The topological polar surface area (TPSA) is 42.4 Å². The van der Waals surface area contributed by atoms with Crippen molar-refractivity contribution in [3.05, 3.63) is 59.2 Å². The highest BCUT2D eigenvalue weighted by Gasteiger charge is 2.02. The first kappa shape index (κ1) is 12.5. The molecule has 0 aliphatic carbocycles. The molecule has 1 aromatic carbocycles. The van der Waals surface area contributed by atoms with Gasteiger partial charge in [-0.05, 0) is 42.3 Å². The standard InChI is InChI=1S/C14H14FNO2/c1-10-2-3-12(15)6-11(10)9-18-14-5-4-13(8-17)16-7-14/h2-7,17H,8-9H2,1H3. The number of halogens is 1. The molecule has 1 aromatic heterocycles. The summed E-state index contributed by atoms with van der Waals surface area (Å²) < 4.78 is 18.6. The van der Waals surface area contributed by atoms with Crippen LogP contribution in [0.2, 0.25) is 0 Å². The molecule has 3 nitrogen and oxygen atoms in total. The summed E-state index contributed by atoms with van der Waals surface area (Å²) in [5.74, 6) is 0.323. The number of pyridine rings is 1. The summed E-state index contributed by atoms with van der Waals surface area (Å²) in [6.07, 6.45) is 1.54. The quantitative estimate of drug-likeness (QED) is 0.903. The number of aliphatic hydroxyl groups is 1. The van der Waals surface area contributed by atoms with Gasteiger partial charge in [0, 0.05) is 0 Å². The zero-order valence-corrected chi connectivity index (χ0v) is 10.1. The Morgan fingerprint density at radius 1 is 1.28 bits per heavy atom. The Balaban J connectivity index is 2.04. The lowest BCUT2D eigenvalue weighted by Crippen LogP contribution is -1.99. The first-order valence-corrected chi connectivity index (χ1v) is 5.62. The van der Waals surface area contributed by atoms with Crippen molar-refractivity contribution in [1.29, 1.82) is 0 Å². The first-order valence-electron chi connectivity index (χ1n) is 5.62. The Morgan fingerprint density at radius 2 is 2.11 bits per heavy atom. The second-order valence-corrected chi connectivity index (χ2v) is 4.00. The molecular formula is C14H14FNO2. The monoisotopic (exact) mass is 247 g/mol. The molecule has 1 heterocycles. The van der Waals surface area contributed by atoms with Crippen molar-refractivity contribution in [3.63, 3.8) is 0 Å². The fraction of sp³-hybridized carbons (Fsp3) is 0.214. The smallest absolute Gasteiger partial charge is 0.138 e. The van der Waals surface area contributed by atoms with E-state index in [9.17, 15) is 4.39 Å². The Hall–Kier alpha value is -1.94. The second kappa shape index (κ2) is 5.60. The number of aromatic nitrogens is 1. The third-order valence-electron chi connectivity index (χ3n) is 2.67. The van der Waals surface area contributed by atoms with Gasteiger partial charge in [-0.3, -0.25) is 4.98 Å². The van der Waals surface area contributed by atoms with Crippen molar-refractivity contribution >= 4 is 0 Å². The van der Waals surface area contributed by atoms with Gasteiger partial charge in [0.2, 0.25) is 0 Å². The van der Waals surface area contributed by atoms with Crippen molar-refractivity contribution in [2.45, 2.75) is 20.1 Å². The van der Waals surface area contributed by atoms with Gasteiger partial charge in [-0.2, -0.15) is 0 Å². The van der Waals surface area contributed by atoms with E-state index in [1.807, 2.05) is 6.92 Å². The molecule has 0 aliphatic rings. The van der Waals surface area contributed by atoms with Gasteiger partial charge in [0.1, 0.15) is 18.2 Å². The minimum atomic E-state index is -0.270. The molecule has 0 radical (unpaired) electrons. The van der Waals surface area contributed by atoms with Crippen LogP contribution in [-0.2, 0) is 13.2 Å². The molecule has 2 aromatic rings. The lowest BCUT2D eigenvalue weighted by molar-refractivity contribution is 0.275. The molecule has 0 bridgehead atoms. The highest BCUT2D eigenvalue weighted by atomic mass is 19.1. The molecule has 0 saturated heterocycles. The van der Waals surface area contributed by atoms with E-state index in [0.717, 1.165) is 11.1 Å². The molecule has 0 aliphatic heterocycles. The van der Waals surface area contributed by atoms with Crippen LogP contribution in [-0.4, -0.2) is 10.1 Å². The number of rotatable bonds is 4. The van der Waals surface area contributed by atoms with Gasteiger partial charge < -0.3 is 9.84 Å². The average molecular weight is 247 g/mol. The zero-order chi connectivity index (χ0) is 13.0. The van der Waals surface area contributed by atoms with Crippen molar-refractivity contribution in [2.75, 3.05) is 0 Å². The molecule has 18 heavy (non-hydrogen) atoms. The van der Waals surface area contributed by atoms with Crippen LogP contribution >= 0.6 is 0 Å². The lowest BCUT2D eigenvalue weighted by atomic mass is 10.1. The highest BCUT2D eigenvalue weighted by molar-refractivity contribution is 5.27. The summed E-state index contributed by atoms with van der Waals surface area (Å²) in [7, 11) is 0. The van der Waals surface area contributed by atoms with Crippen LogP contribution in [0.3, 0.4) is 0 Å². The van der Waals surface area contributed by atoms with Crippen LogP contribution in [0.5, 0.6) is 5.75 Å². The molecule has 0 spiro atoms. The normalized spacial score (nSPS) is 10.4. The summed E-state index contributed by atoms with van der Waals surface area (Å²) in [6, 6.07) is 8.03. The maximum Gasteiger partial charge on any atom is 0.138 e. The molecule has 94 valence electrons. The number of nitrogens with zero attached hydrogens (tertiary/aromatic N) is 1. The molecule has 0 fully saturated rings. The van der Waals surface area contributed by atoms with E-state index < -0.39 is 0 Å². The Kier molecular flexibility index (Phi) is 3.89. The maximum absolute atomic E-state index is 13.1. The highest BCUT2D eigenvalue weighted by Crippen LogP contribution is 2.15. The van der Waals surface area contributed by atoms with E-state index >= 15 is 0 Å². The Labute approximate surface area is 105 Å². The minimum absolute atomic E-state index is 0.0940. The van der Waals surface area contributed by atoms with Gasteiger partial charge in [0.25, 0.3) is 0 Å². The number of ether oxygens (including phenoxy) is 1. The van der Waals surface area contributed by atoms with E-state index in [1.165, 1.54) is 12.1 Å². The van der Waals surface area contributed by atoms with E-state index in [0.29, 0.717) is 18.1 Å². The van der Waals surface area contributed by atoms with E-state index in [1.54, 1.807) is 24.4 Å². The molecular weight excluding hydrogens is 233 g/mol. The van der Waals surface area contributed by atoms with E-state index in [-0.39, 0.29) is 12.4 Å². The SMILES string of the molecule is Cc1ccc(F)cc1COc1ccc(CO)nc1. The third kappa shape index (κ3) is 3.05. The van der Waals surface area contributed by atoms with Crippen LogP contribution in [0.1, 0.15) is 16.8 Å². The number of aryl methyl sites for hydroxylation is 1. The molecule has 4 heteroatoms. The molecule has 0 saturated carbocycles. The fourth-order valence-electron chi connectivity index (χ4n) is 1.55. The minimum Gasteiger partial charge on any atom is -0.487 e. The summed E-state index contributed by atoms with van der Waals surface area (Å²) in [6.45, 7) is 2.11. The van der Waals surface area contributed by atoms with Gasteiger partial charge in [-0.15, -0.1) is 0 Å². The van der Waals surface area contributed by atoms with Crippen LogP contribution < -0.4 is 4.74 Å². The number of hydrogen-bond donors (Lipinski definition) is 1. The van der Waals surface area contributed by atoms with Crippen molar-refractivity contribution in [2.24, 2.45) is 0 Å². The van der Waals surface area contributed by atoms with Gasteiger partial charge in [-0.1, -0.05) is 6.07 Å². The lowest BCUT2D eigenvalue weighted by Gasteiger charge is -2.08. The molecule has 0 amide bonds. The van der Waals surface area contributed by atoms with Crippen LogP contribution in [0.25, 0.3) is 0 Å². The predicted octanol–water partition coefficient (Wildman–Crippen LogP) is 2.60. The summed E-state index contributed by atoms with van der Waals surface area (Å²) >= 11 is 0. The Morgan fingerprint density at radius 3 is 2.78 bits per heavy atom. The molecule has 2 rings (SSSR count).